The third kappa shape index (κ3) is 5.11. The van der Waals surface area contributed by atoms with Crippen LogP contribution in [0.5, 0.6) is 0 Å². The van der Waals surface area contributed by atoms with Gasteiger partial charge < -0.3 is 20.3 Å². The Labute approximate surface area is 233 Å². The minimum absolute atomic E-state index is 0.116. The molecule has 0 radical (unpaired) electrons. The number of aromatic nitrogens is 3. The zero-order valence-corrected chi connectivity index (χ0v) is 23.9. The summed E-state index contributed by atoms with van der Waals surface area (Å²) in [5.41, 5.74) is 2.90. The Bertz CT molecular complexity index is 1370. The molecule has 6 rings (SSSR count). The predicted octanol–water partition coefficient (Wildman–Crippen LogP) is 5.52. The van der Waals surface area contributed by atoms with Crippen LogP contribution in [-0.2, 0) is 9.48 Å². The molecule has 39 heavy (non-hydrogen) atoms. The van der Waals surface area contributed by atoms with Crippen molar-refractivity contribution in [3.63, 3.8) is 0 Å². The van der Waals surface area contributed by atoms with Crippen LogP contribution in [0.4, 0.5) is 16.3 Å². The molecule has 0 spiro atoms. The second-order valence-corrected chi connectivity index (χ2v) is 14.4. The molecule has 208 valence electrons. The lowest BCUT2D eigenvalue weighted by molar-refractivity contribution is 0.0985. The number of hydrogen-bond acceptors (Lipinski definition) is 9. The van der Waals surface area contributed by atoms with E-state index < -0.39 is 15.3 Å². The first-order valence-electron chi connectivity index (χ1n) is 13.3. The summed E-state index contributed by atoms with van der Waals surface area (Å²) in [6.07, 6.45) is 3.27. The van der Waals surface area contributed by atoms with Gasteiger partial charge in [0.2, 0.25) is 4.34 Å². The van der Waals surface area contributed by atoms with Gasteiger partial charge in [0, 0.05) is 34.8 Å². The fraction of sp³-hybridized carbons (Fsp3) is 0.481. The van der Waals surface area contributed by atoms with Crippen molar-refractivity contribution < 1.29 is 18.6 Å². The van der Waals surface area contributed by atoms with E-state index in [9.17, 15) is 13.9 Å². The Hall–Kier alpha value is -2.77. The Morgan fingerprint density at radius 1 is 1.15 bits per heavy atom. The minimum atomic E-state index is -3.25. The molecule has 4 N–H and O–H groups in total. The third-order valence-corrected chi connectivity index (χ3v) is 11.8. The minimum Gasteiger partial charge on any atom is -0.377 e. The first kappa shape index (κ1) is 26.5. The van der Waals surface area contributed by atoms with Gasteiger partial charge >= 0.3 is 6.03 Å². The molecule has 2 aromatic heterocycles. The number of rotatable bonds is 7. The Morgan fingerprint density at radius 2 is 1.90 bits per heavy atom. The average molecular weight is 571 g/mol. The summed E-state index contributed by atoms with van der Waals surface area (Å²) in [6, 6.07) is 9.52. The molecule has 3 aromatic rings. The van der Waals surface area contributed by atoms with Crippen LogP contribution in [0.25, 0.3) is 11.4 Å². The maximum absolute atomic E-state index is 12.2. The number of amides is 2. The highest BCUT2D eigenvalue weighted by Gasteiger charge is 2.59. The number of nitrogens with one attached hydrogen (secondary N) is 2. The maximum Gasteiger partial charge on any atom is 0.319 e. The van der Waals surface area contributed by atoms with Crippen molar-refractivity contribution in [1.82, 2.24) is 20.3 Å². The molecule has 1 aliphatic heterocycles. The Morgan fingerprint density at radius 3 is 2.51 bits per heavy atom. The molecule has 1 saturated heterocycles. The smallest absolute Gasteiger partial charge is 0.319 e. The van der Waals surface area contributed by atoms with E-state index >= 15 is 0 Å². The molecule has 1 aromatic carbocycles. The van der Waals surface area contributed by atoms with Gasteiger partial charge in [-0.1, -0.05) is 0 Å². The number of carbonyl (C=O) groups excluding carboxylic acids is 1. The molecule has 3 fully saturated rings. The van der Waals surface area contributed by atoms with Gasteiger partial charge in [0.1, 0.15) is 10.6 Å². The lowest BCUT2D eigenvalue weighted by Gasteiger charge is -2.39. The Kier molecular flexibility index (Phi) is 6.79. The van der Waals surface area contributed by atoms with E-state index in [1.54, 1.807) is 0 Å². The van der Waals surface area contributed by atoms with E-state index in [0.717, 1.165) is 34.8 Å². The van der Waals surface area contributed by atoms with Crippen LogP contribution in [0.2, 0.25) is 0 Å². The molecule has 0 bridgehead atoms. The third-order valence-electron chi connectivity index (χ3n) is 7.66. The summed E-state index contributed by atoms with van der Waals surface area (Å²) in [6.45, 7) is 7.80. The number of aryl methyl sites for hydroxylation is 2. The topological polar surface area (TPSA) is 133 Å². The fourth-order valence-corrected chi connectivity index (χ4v) is 8.45. The molecular weight excluding hydrogens is 536 g/mol. The van der Waals surface area contributed by atoms with Gasteiger partial charge in [0.15, 0.2) is 5.82 Å². The van der Waals surface area contributed by atoms with E-state index in [4.69, 9.17) is 14.7 Å². The normalized spacial score (nSPS) is 20.9. The van der Waals surface area contributed by atoms with Gasteiger partial charge in [0.25, 0.3) is 0 Å². The molecule has 3 heterocycles. The van der Waals surface area contributed by atoms with Crippen molar-refractivity contribution in [1.29, 1.82) is 0 Å². The molecule has 1 atom stereocenters. The van der Waals surface area contributed by atoms with Gasteiger partial charge in [0.05, 0.1) is 30.6 Å². The fourth-order valence-electron chi connectivity index (χ4n) is 4.83. The monoisotopic (exact) mass is 570 g/mol. The molecule has 2 amide bonds. The van der Waals surface area contributed by atoms with Crippen molar-refractivity contribution in [2.75, 3.05) is 30.0 Å². The predicted molar refractivity (Wildman–Crippen MR) is 154 cm³/mol. The maximum atomic E-state index is 12.2. The van der Waals surface area contributed by atoms with Gasteiger partial charge in [-0.3, -0.25) is 9.11 Å². The van der Waals surface area contributed by atoms with Crippen LogP contribution in [0.3, 0.4) is 0 Å². The molecule has 12 heteroatoms. The highest BCUT2D eigenvalue weighted by atomic mass is 32.3. The molecule has 3 aliphatic rings. The summed E-state index contributed by atoms with van der Waals surface area (Å²) < 4.78 is 28.4. The molecule has 2 saturated carbocycles. The van der Waals surface area contributed by atoms with Gasteiger partial charge in [-0.2, -0.15) is 0 Å². The van der Waals surface area contributed by atoms with Crippen molar-refractivity contribution in [2.24, 2.45) is 0 Å². The van der Waals surface area contributed by atoms with E-state index in [2.05, 4.69) is 27.4 Å². The van der Waals surface area contributed by atoms with Crippen LogP contribution in [-0.4, -0.2) is 61.9 Å². The zero-order chi connectivity index (χ0) is 27.4. The second-order valence-electron chi connectivity index (χ2n) is 10.7. The molecular formula is C27H34N6O4S2. The van der Waals surface area contributed by atoms with Crippen molar-refractivity contribution in [3.8, 4) is 11.4 Å². The van der Waals surface area contributed by atoms with Crippen LogP contribution in [0, 0.1) is 13.8 Å². The van der Waals surface area contributed by atoms with Crippen LogP contribution < -0.4 is 15.5 Å². The van der Waals surface area contributed by atoms with Crippen molar-refractivity contribution >= 4 is 39.5 Å². The summed E-state index contributed by atoms with van der Waals surface area (Å²) in [5, 5.41) is 5.79. The number of morpholine rings is 1. The van der Waals surface area contributed by atoms with Gasteiger partial charge in [-0.25, -0.2) is 19.7 Å². The number of thiazole rings is 1. The molecule has 2 aliphatic carbocycles. The van der Waals surface area contributed by atoms with Crippen LogP contribution in [0.1, 0.15) is 48.9 Å². The number of nitrogens with zero attached hydrogens (tertiary/aromatic N) is 4. The first-order chi connectivity index (χ1) is 18.7. The lowest BCUT2D eigenvalue weighted by atomic mass is 10.1. The molecule has 0 unspecified atom stereocenters. The summed E-state index contributed by atoms with van der Waals surface area (Å²) >= 11 is 1.35. The van der Waals surface area contributed by atoms with E-state index in [0.29, 0.717) is 54.1 Å². The van der Waals surface area contributed by atoms with Crippen molar-refractivity contribution in [2.45, 2.75) is 67.6 Å². The van der Waals surface area contributed by atoms with Crippen LogP contribution in [0.15, 0.2) is 34.7 Å². The summed E-state index contributed by atoms with van der Waals surface area (Å²) in [7, 11) is -3.25. The summed E-state index contributed by atoms with van der Waals surface area (Å²) in [5.74, 6) is 1.24. The number of carbonyl (C=O) groups is 1. The first-order valence-corrected chi connectivity index (χ1v) is 15.7. The number of hydrogen-bond donors (Lipinski definition) is 4. The standard InChI is InChI=1S/C27H34N6O4S2/c1-16-15-37-13-12-33(16)23-14-22(27(10-11-27)39(35,36)26-28-17(2)18(3)38-26)31-24(32-23)19-4-6-20(7-5-19)29-25(34)30-21-8-9-21/h4-7,14,16,21,35-36H,8-13,15H2,1-3H3,(H2,29,30,34)/t16-/m0/s1. The quantitative estimate of drug-likeness (QED) is 0.292. The SMILES string of the molecule is Cc1nc(S(O)(O)C2(c3cc(N4CCOC[C@@H]4C)nc(-c4ccc(NC(=O)NC5CC5)cc4)n3)CC2)sc1C. The summed E-state index contributed by atoms with van der Waals surface area (Å²) in [4.78, 5) is 29.7. The zero-order valence-electron chi connectivity index (χ0n) is 22.3. The Balaban J connectivity index is 1.36. The second kappa shape index (κ2) is 10.0. The van der Waals surface area contributed by atoms with E-state index in [1.165, 1.54) is 11.3 Å². The number of ether oxygens (including phenoxy) is 1. The number of benzene rings is 1. The van der Waals surface area contributed by atoms with Crippen LogP contribution >= 0.6 is 21.9 Å². The lowest BCUT2D eigenvalue weighted by Crippen LogP contribution is -2.44. The highest BCUT2D eigenvalue weighted by Crippen LogP contribution is 2.75. The van der Waals surface area contributed by atoms with Gasteiger partial charge in [-0.05, 0) is 70.7 Å². The van der Waals surface area contributed by atoms with E-state index in [1.807, 2.05) is 44.2 Å². The highest BCUT2D eigenvalue weighted by molar-refractivity contribution is 8.26. The van der Waals surface area contributed by atoms with Crippen molar-refractivity contribution in [3.05, 3.63) is 46.6 Å². The largest absolute Gasteiger partial charge is 0.377 e. The average Bonchev–Trinajstić information content (AvgIpc) is 3.84. The molecule has 10 nitrogen and oxygen atoms in total. The van der Waals surface area contributed by atoms with Gasteiger partial charge in [-0.15, -0.1) is 21.9 Å². The number of urea groups is 1. The van der Waals surface area contributed by atoms with E-state index in [-0.39, 0.29) is 18.1 Å². The number of anilines is 2.